The van der Waals surface area contributed by atoms with Gasteiger partial charge < -0.3 is 9.80 Å². The number of halogens is 2. The van der Waals surface area contributed by atoms with Crippen LogP contribution in [0.3, 0.4) is 0 Å². The highest BCUT2D eigenvalue weighted by Crippen LogP contribution is 2.39. The van der Waals surface area contributed by atoms with Crippen LogP contribution in [0, 0.1) is 6.92 Å². The summed E-state index contributed by atoms with van der Waals surface area (Å²) >= 11 is 13.4. The molecule has 0 saturated heterocycles. The fourth-order valence-corrected chi connectivity index (χ4v) is 5.00. The molecular weight excluding hydrogens is 427 g/mol. The Hall–Kier alpha value is -1.56. The molecule has 0 radical (unpaired) electrons. The number of aryl methyl sites for hydroxylation is 1. The fourth-order valence-electron chi connectivity index (χ4n) is 3.85. The van der Waals surface area contributed by atoms with E-state index in [0.717, 1.165) is 24.0 Å². The van der Waals surface area contributed by atoms with E-state index >= 15 is 0 Å². The van der Waals surface area contributed by atoms with Crippen molar-refractivity contribution < 1.29 is 9.59 Å². The summed E-state index contributed by atoms with van der Waals surface area (Å²) in [7, 11) is 0. The zero-order valence-corrected chi connectivity index (χ0v) is 19.2. The molecule has 2 atom stereocenters. The average Bonchev–Trinajstić information content (AvgIpc) is 3.19. The van der Waals surface area contributed by atoms with Gasteiger partial charge in [-0.05, 0) is 54.8 Å². The van der Waals surface area contributed by atoms with E-state index in [4.69, 9.17) is 23.2 Å². The monoisotopic (exact) mass is 452 g/mol. The maximum Gasteiger partial charge on any atom is 0.256 e. The van der Waals surface area contributed by atoms with E-state index < -0.39 is 10.7 Å². The Morgan fingerprint density at radius 2 is 1.97 bits per heavy atom. The molecule has 0 bridgehead atoms. The number of benzene rings is 1. The maximum atomic E-state index is 13.4. The van der Waals surface area contributed by atoms with Gasteiger partial charge in [-0.25, -0.2) is 0 Å². The van der Waals surface area contributed by atoms with Crippen LogP contribution in [0.25, 0.3) is 0 Å². The van der Waals surface area contributed by atoms with E-state index in [0.29, 0.717) is 6.54 Å². The Kier molecular flexibility index (Phi) is 7.25. The average molecular weight is 453 g/mol. The largest absolute Gasteiger partial charge is 0.330 e. The third-order valence-corrected chi connectivity index (χ3v) is 7.04. The van der Waals surface area contributed by atoms with Crippen molar-refractivity contribution in [3.05, 3.63) is 57.3 Å². The van der Waals surface area contributed by atoms with Gasteiger partial charge in [-0.2, -0.15) is 0 Å². The number of thiophene rings is 1. The Morgan fingerprint density at radius 3 is 2.62 bits per heavy atom. The number of carbonyl (C=O) groups is 2. The molecule has 7 heteroatoms. The highest BCUT2D eigenvalue weighted by Gasteiger charge is 2.35. The van der Waals surface area contributed by atoms with Crippen LogP contribution in [-0.4, -0.2) is 45.6 Å². The number of hydrogen-bond acceptors (Lipinski definition) is 3. The molecule has 1 aromatic heterocycles. The summed E-state index contributed by atoms with van der Waals surface area (Å²) in [5.41, 5.74) is 3.44. The molecule has 1 aliphatic heterocycles. The van der Waals surface area contributed by atoms with Crippen LogP contribution in [0.15, 0.2) is 35.7 Å². The minimum Gasteiger partial charge on any atom is -0.330 e. The fraction of sp³-hybridized carbons (Fsp3) is 0.455. The van der Waals surface area contributed by atoms with Gasteiger partial charge in [-0.3, -0.25) is 9.59 Å². The van der Waals surface area contributed by atoms with E-state index in [1.807, 2.05) is 30.9 Å². The Bertz CT molecular complexity index is 883. The van der Waals surface area contributed by atoms with E-state index in [1.165, 1.54) is 15.3 Å². The summed E-state index contributed by atoms with van der Waals surface area (Å²) < 4.78 is 0. The van der Waals surface area contributed by atoms with Crippen molar-refractivity contribution in [3.63, 3.8) is 0 Å². The third kappa shape index (κ3) is 4.62. The van der Waals surface area contributed by atoms with Crippen molar-refractivity contribution in [2.24, 2.45) is 0 Å². The minimum absolute atomic E-state index is 0.0222. The van der Waals surface area contributed by atoms with Gasteiger partial charge in [0.2, 0.25) is 5.91 Å². The zero-order valence-electron chi connectivity index (χ0n) is 16.9. The summed E-state index contributed by atoms with van der Waals surface area (Å²) in [6, 6.07) is 10.0. The second-order valence-electron chi connectivity index (χ2n) is 7.42. The van der Waals surface area contributed by atoms with Crippen LogP contribution in [0.2, 0.25) is 0 Å². The molecule has 2 unspecified atom stereocenters. The van der Waals surface area contributed by atoms with Crippen LogP contribution in [0.4, 0.5) is 0 Å². The first-order valence-corrected chi connectivity index (χ1v) is 11.6. The second kappa shape index (κ2) is 9.50. The standard InChI is InChI=1S/C22H26Cl2N2O2S/c1-4-15(3)26(22(28)21(23)24)13-19(27)25-11-9-18-17(10-12-29-18)20(25)16-8-6-5-7-14(16)2/h5-8,10,12,15,20-21H,4,9,11,13H2,1-3H3. The first kappa shape index (κ1) is 22.1. The number of alkyl halides is 2. The van der Waals surface area contributed by atoms with Crippen LogP contribution < -0.4 is 0 Å². The number of hydrogen-bond donors (Lipinski definition) is 0. The predicted molar refractivity (Wildman–Crippen MR) is 120 cm³/mol. The number of rotatable bonds is 6. The third-order valence-electron chi connectivity index (χ3n) is 5.67. The molecule has 156 valence electrons. The van der Waals surface area contributed by atoms with Crippen LogP contribution in [0.1, 0.15) is 47.9 Å². The SMILES string of the molecule is CCC(C)N(CC(=O)N1CCc2sccc2C1c1ccccc1C)C(=O)C(Cl)Cl. The molecule has 2 amide bonds. The topological polar surface area (TPSA) is 40.6 Å². The molecule has 29 heavy (non-hydrogen) atoms. The molecule has 0 spiro atoms. The van der Waals surface area contributed by atoms with Gasteiger partial charge in [0.15, 0.2) is 4.84 Å². The van der Waals surface area contributed by atoms with Crippen molar-refractivity contribution in [2.45, 2.75) is 50.5 Å². The molecular formula is C22H26Cl2N2O2S. The Balaban J connectivity index is 1.94. The first-order chi connectivity index (χ1) is 13.8. The van der Waals surface area contributed by atoms with Crippen molar-refractivity contribution in [2.75, 3.05) is 13.1 Å². The lowest BCUT2D eigenvalue weighted by Crippen LogP contribution is -2.50. The van der Waals surface area contributed by atoms with E-state index in [1.54, 1.807) is 11.3 Å². The smallest absolute Gasteiger partial charge is 0.256 e. The second-order valence-corrected chi connectivity index (χ2v) is 9.52. The molecule has 0 N–H and O–H groups in total. The lowest BCUT2D eigenvalue weighted by Gasteiger charge is -2.39. The lowest BCUT2D eigenvalue weighted by molar-refractivity contribution is -0.142. The van der Waals surface area contributed by atoms with Gasteiger partial charge in [0.05, 0.1) is 6.04 Å². The molecule has 1 aliphatic rings. The van der Waals surface area contributed by atoms with E-state index in [-0.39, 0.29) is 24.5 Å². The van der Waals surface area contributed by atoms with E-state index in [2.05, 4.69) is 30.5 Å². The molecule has 0 saturated carbocycles. The molecule has 2 aromatic rings. The van der Waals surface area contributed by atoms with Crippen molar-refractivity contribution in [1.82, 2.24) is 9.80 Å². The highest BCUT2D eigenvalue weighted by molar-refractivity contribution is 7.10. The maximum absolute atomic E-state index is 13.4. The zero-order chi connectivity index (χ0) is 21.1. The van der Waals surface area contributed by atoms with Crippen LogP contribution >= 0.6 is 34.5 Å². The molecule has 4 nitrogen and oxygen atoms in total. The first-order valence-electron chi connectivity index (χ1n) is 9.85. The quantitative estimate of drug-likeness (QED) is 0.580. The summed E-state index contributed by atoms with van der Waals surface area (Å²) in [6.07, 6.45) is 1.54. The molecule has 3 rings (SSSR count). The van der Waals surface area contributed by atoms with Gasteiger partial charge in [0, 0.05) is 17.5 Å². The highest BCUT2D eigenvalue weighted by atomic mass is 35.5. The Morgan fingerprint density at radius 1 is 1.24 bits per heavy atom. The van der Waals surface area contributed by atoms with Crippen LogP contribution in [-0.2, 0) is 16.0 Å². The summed E-state index contributed by atoms with van der Waals surface area (Å²) in [6.45, 7) is 6.55. The van der Waals surface area contributed by atoms with Gasteiger partial charge in [-0.15, -0.1) is 11.3 Å². The summed E-state index contributed by atoms with van der Waals surface area (Å²) in [5, 5.41) is 2.09. The predicted octanol–water partition coefficient (Wildman–Crippen LogP) is 4.96. The summed E-state index contributed by atoms with van der Waals surface area (Å²) in [5.74, 6) is -0.505. The van der Waals surface area contributed by atoms with Gasteiger partial charge in [0.25, 0.3) is 5.91 Å². The van der Waals surface area contributed by atoms with Gasteiger partial charge >= 0.3 is 0 Å². The number of amides is 2. The van der Waals surface area contributed by atoms with Crippen molar-refractivity contribution >= 4 is 46.4 Å². The number of fused-ring (bicyclic) bond motifs is 1. The van der Waals surface area contributed by atoms with Gasteiger partial charge in [-0.1, -0.05) is 54.4 Å². The number of nitrogens with zero attached hydrogens (tertiary/aromatic N) is 2. The molecule has 0 fully saturated rings. The van der Waals surface area contributed by atoms with Crippen LogP contribution in [0.5, 0.6) is 0 Å². The Labute approximate surface area is 186 Å². The van der Waals surface area contributed by atoms with E-state index in [9.17, 15) is 9.59 Å². The van der Waals surface area contributed by atoms with Crippen molar-refractivity contribution in [3.8, 4) is 0 Å². The normalized spacial score (nSPS) is 17.2. The minimum atomic E-state index is -1.17. The molecule has 2 heterocycles. The molecule has 1 aromatic carbocycles. The number of carbonyl (C=O) groups excluding carboxylic acids is 2. The summed E-state index contributed by atoms with van der Waals surface area (Å²) in [4.78, 5) is 29.5. The van der Waals surface area contributed by atoms with Crippen molar-refractivity contribution in [1.29, 1.82) is 0 Å². The van der Waals surface area contributed by atoms with Gasteiger partial charge in [0.1, 0.15) is 6.54 Å². The lowest BCUT2D eigenvalue weighted by atomic mass is 9.90. The molecule has 0 aliphatic carbocycles.